The molecule has 0 heterocycles. The van der Waals surface area contributed by atoms with Gasteiger partial charge < -0.3 is 10.4 Å². The number of aliphatic hydroxyl groups excluding tert-OH is 1. The van der Waals surface area contributed by atoms with Gasteiger partial charge in [0.05, 0.1) is 13.2 Å². The Balaban J connectivity index is 2.69. The van der Waals surface area contributed by atoms with Crippen molar-refractivity contribution in [3.8, 4) is 0 Å². The summed E-state index contributed by atoms with van der Waals surface area (Å²) in [7, 11) is 0. The zero-order valence-electron chi connectivity index (χ0n) is 8.90. The molecule has 0 aliphatic heterocycles. The summed E-state index contributed by atoms with van der Waals surface area (Å²) in [6, 6.07) is 5.43. The van der Waals surface area contributed by atoms with Gasteiger partial charge in [0.15, 0.2) is 5.11 Å². The normalized spacial score (nSPS) is 10.0. The van der Waals surface area contributed by atoms with Gasteiger partial charge in [-0.05, 0) is 42.9 Å². The highest BCUT2D eigenvalue weighted by Gasteiger charge is 2.06. The number of nitrogens with zero attached hydrogens (tertiary/aromatic N) is 1. The fourth-order valence-corrected chi connectivity index (χ4v) is 1.59. The van der Waals surface area contributed by atoms with Gasteiger partial charge in [0.1, 0.15) is 0 Å². The fourth-order valence-electron chi connectivity index (χ4n) is 1.16. The van der Waals surface area contributed by atoms with Crippen LogP contribution in [0.1, 0.15) is 5.56 Å². The van der Waals surface area contributed by atoms with Crippen LogP contribution in [0.3, 0.4) is 0 Å². The van der Waals surface area contributed by atoms with Crippen LogP contribution in [0.2, 0.25) is 5.02 Å². The monoisotopic (exact) mass is 259 g/mol. The summed E-state index contributed by atoms with van der Waals surface area (Å²) < 4.78 is 0. The molecule has 0 saturated carbocycles. The average Bonchev–Trinajstić information content (AvgIpc) is 2.22. The van der Waals surface area contributed by atoms with Gasteiger partial charge in [0.2, 0.25) is 0 Å². The van der Waals surface area contributed by atoms with Crippen LogP contribution in [0.25, 0.3) is 0 Å². The number of aliphatic hydroxyl groups is 1. The Hall–Kier alpha value is -0.880. The van der Waals surface area contributed by atoms with Gasteiger partial charge in [-0.2, -0.15) is 0 Å². The van der Waals surface area contributed by atoms with E-state index in [1.54, 1.807) is 6.07 Å². The number of rotatable bonds is 3. The quantitative estimate of drug-likeness (QED) is 0.436. The summed E-state index contributed by atoms with van der Waals surface area (Å²) in [5, 5.41) is 14.0. The van der Waals surface area contributed by atoms with Crippen LogP contribution in [0.15, 0.2) is 18.2 Å². The van der Waals surface area contributed by atoms with E-state index in [4.69, 9.17) is 34.8 Å². The SMILES string of the molecule is Cc1cc(Cl)ccc1NC(=S)N(N)CCO. The molecule has 0 aliphatic carbocycles. The maximum absolute atomic E-state index is 8.72. The third kappa shape index (κ3) is 3.61. The Morgan fingerprint density at radius 2 is 2.31 bits per heavy atom. The number of thiocarbonyl (C=S) groups is 1. The van der Waals surface area contributed by atoms with Gasteiger partial charge in [-0.15, -0.1) is 0 Å². The molecule has 6 heteroatoms. The van der Waals surface area contributed by atoms with E-state index in [-0.39, 0.29) is 6.61 Å². The smallest absolute Gasteiger partial charge is 0.187 e. The second-order valence-corrected chi connectivity index (χ2v) is 4.13. The van der Waals surface area contributed by atoms with Gasteiger partial charge in [0, 0.05) is 10.7 Å². The molecule has 0 spiro atoms. The molecule has 16 heavy (non-hydrogen) atoms. The standard InChI is InChI=1S/C10H14ClN3OS/c1-7-6-8(11)2-3-9(7)13-10(16)14(12)4-5-15/h2-3,6,15H,4-5,12H2,1H3,(H,13,16). The van der Waals surface area contributed by atoms with Gasteiger partial charge in [-0.25, -0.2) is 5.84 Å². The average molecular weight is 260 g/mol. The third-order valence-corrected chi connectivity index (χ3v) is 2.60. The second-order valence-electron chi connectivity index (χ2n) is 3.31. The molecule has 4 N–H and O–H groups in total. The molecule has 4 nitrogen and oxygen atoms in total. The number of hydrogen-bond donors (Lipinski definition) is 3. The third-order valence-electron chi connectivity index (χ3n) is 2.03. The Morgan fingerprint density at radius 1 is 1.62 bits per heavy atom. The first kappa shape index (κ1) is 13.2. The first-order chi connectivity index (χ1) is 7.54. The van der Waals surface area contributed by atoms with E-state index in [0.717, 1.165) is 11.3 Å². The molecule has 0 fully saturated rings. The zero-order chi connectivity index (χ0) is 12.1. The summed E-state index contributed by atoms with van der Waals surface area (Å²) in [6.07, 6.45) is 0. The molecule has 1 aromatic rings. The summed E-state index contributed by atoms with van der Waals surface area (Å²) in [6.45, 7) is 2.17. The molecular formula is C10H14ClN3OS. The first-order valence-corrected chi connectivity index (χ1v) is 5.53. The lowest BCUT2D eigenvalue weighted by atomic mass is 10.2. The van der Waals surface area contributed by atoms with Crippen molar-refractivity contribution in [3.05, 3.63) is 28.8 Å². The molecule has 0 saturated heterocycles. The van der Waals surface area contributed by atoms with Crippen LogP contribution in [0.5, 0.6) is 0 Å². The highest BCUT2D eigenvalue weighted by Crippen LogP contribution is 2.19. The van der Waals surface area contributed by atoms with E-state index >= 15 is 0 Å². The Kier molecular flexibility index (Phi) is 4.95. The highest BCUT2D eigenvalue weighted by molar-refractivity contribution is 7.80. The fraction of sp³-hybridized carbons (Fsp3) is 0.300. The molecule has 88 valence electrons. The lowest BCUT2D eigenvalue weighted by Gasteiger charge is -2.20. The predicted molar refractivity (Wildman–Crippen MR) is 70.4 cm³/mol. The van der Waals surface area contributed by atoms with E-state index in [0.29, 0.717) is 16.7 Å². The van der Waals surface area contributed by atoms with E-state index in [1.165, 1.54) is 5.01 Å². The number of nitrogens with one attached hydrogen (secondary N) is 1. The van der Waals surface area contributed by atoms with Crippen molar-refractivity contribution in [2.75, 3.05) is 18.5 Å². The van der Waals surface area contributed by atoms with Crippen LogP contribution >= 0.6 is 23.8 Å². The lowest BCUT2D eigenvalue weighted by molar-refractivity contribution is 0.253. The van der Waals surface area contributed by atoms with Crippen molar-refractivity contribution in [3.63, 3.8) is 0 Å². The number of hydrogen-bond acceptors (Lipinski definition) is 3. The van der Waals surface area contributed by atoms with E-state index in [2.05, 4.69) is 5.32 Å². The van der Waals surface area contributed by atoms with Gasteiger partial charge in [-0.1, -0.05) is 11.6 Å². The number of anilines is 1. The number of hydrazine groups is 1. The molecule has 0 atom stereocenters. The van der Waals surface area contributed by atoms with E-state index in [9.17, 15) is 0 Å². The number of halogens is 1. The molecule has 1 aromatic carbocycles. The van der Waals surface area contributed by atoms with Gasteiger partial charge in [-0.3, -0.25) is 5.01 Å². The van der Waals surface area contributed by atoms with Crippen molar-refractivity contribution in [1.82, 2.24) is 5.01 Å². The number of benzene rings is 1. The summed E-state index contributed by atoms with van der Waals surface area (Å²) in [4.78, 5) is 0. The molecule has 0 aromatic heterocycles. The summed E-state index contributed by atoms with van der Waals surface area (Å²) in [5.74, 6) is 5.60. The van der Waals surface area contributed by atoms with E-state index in [1.807, 2.05) is 19.1 Å². The molecule has 0 radical (unpaired) electrons. The van der Waals surface area contributed by atoms with Gasteiger partial charge in [0.25, 0.3) is 0 Å². The molecule has 0 aliphatic rings. The van der Waals surface area contributed by atoms with Crippen LogP contribution < -0.4 is 11.2 Å². The minimum Gasteiger partial charge on any atom is -0.394 e. The molecule has 0 bridgehead atoms. The summed E-state index contributed by atoms with van der Waals surface area (Å²) >= 11 is 10.9. The maximum atomic E-state index is 8.72. The molecular weight excluding hydrogens is 246 g/mol. The van der Waals surface area contributed by atoms with Crippen molar-refractivity contribution < 1.29 is 5.11 Å². The summed E-state index contributed by atoms with van der Waals surface area (Å²) in [5.41, 5.74) is 1.83. The van der Waals surface area contributed by atoms with Crippen molar-refractivity contribution in [2.45, 2.75) is 6.92 Å². The van der Waals surface area contributed by atoms with Crippen LogP contribution in [0, 0.1) is 6.92 Å². The second kappa shape index (κ2) is 6.00. The maximum Gasteiger partial charge on any atom is 0.187 e. The topological polar surface area (TPSA) is 61.5 Å². The lowest BCUT2D eigenvalue weighted by Crippen LogP contribution is -2.42. The van der Waals surface area contributed by atoms with Crippen molar-refractivity contribution in [1.29, 1.82) is 0 Å². The van der Waals surface area contributed by atoms with Crippen molar-refractivity contribution in [2.24, 2.45) is 5.84 Å². The predicted octanol–water partition coefficient (Wildman–Crippen LogP) is 1.51. The Morgan fingerprint density at radius 3 is 2.88 bits per heavy atom. The number of nitrogens with two attached hydrogens (primary N) is 1. The Labute approximate surface area is 105 Å². The molecule has 0 unspecified atom stereocenters. The largest absolute Gasteiger partial charge is 0.394 e. The Bertz CT molecular complexity index is 386. The van der Waals surface area contributed by atoms with Crippen LogP contribution in [0.4, 0.5) is 5.69 Å². The minimum absolute atomic E-state index is 0.0437. The van der Waals surface area contributed by atoms with Gasteiger partial charge >= 0.3 is 0 Å². The highest BCUT2D eigenvalue weighted by atomic mass is 35.5. The van der Waals surface area contributed by atoms with Crippen molar-refractivity contribution >= 4 is 34.6 Å². The number of aryl methyl sites for hydroxylation is 1. The minimum atomic E-state index is -0.0437. The molecule has 1 rings (SSSR count). The zero-order valence-corrected chi connectivity index (χ0v) is 10.5. The molecule has 0 amide bonds. The first-order valence-electron chi connectivity index (χ1n) is 4.75. The van der Waals surface area contributed by atoms with E-state index < -0.39 is 0 Å². The van der Waals surface area contributed by atoms with Crippen LogP contribution in [-0.4, -0.2) is 28.4 Å². The van der Waals surface area contributed by atoms with Crippen LogP contribution in [-0.2, 0) is 0 Å².